The Morgan fingerprint density at radius 3 is 2.58 bits per heavy atom. The Morgan fingerprint density at radius 2 is 1.89 bits per heavy atom. The fraction of sp³-hybridized carbons (Fsp3) is 0.0714. The Bertz CT molecular complexity index is 643. The van der Waals surface area contributed by atoms with E-state index in [1.807, 2.05) is 43.3 Å². The molecule has 0 bridgehead atoms. The molecule has 1 N–H and O–H groups in total. The van der Waals surface area contributed by atoms with Crippen molar-refractivity contribution >= 4 is 66.0 Å². The van der Waals surface area contributed by atoms with Crippen molar-refractivity contribution in [2.45, 2.75) is 6.92 Å². The van der Waals surface area contributed by atoms with E-state index in [1.54, 1.807) is 0 Å². The van der Waals surface area contributed by atoms with Gasteiger partial charge in [0.1, 0.15) is 0 Å². The lowest BCUT2D eigenvalue weighted by molar-refractivity contribution is 0.102. The van der Waals surface area contributed by atoms with Crippen LogP contribution in [0.4, 0.5) is 5.69 Å². The highest BCUT2D eigenvalue weighted by Gasteiger charge is 2.11. The summed E-state index contributed by atoms with van der Waals surface area (Å²) >= 11 is 9.06. The van der Waals surface area contributed by atoms with Crippen LogP contribution in [-0.4, -0.2) is 5.91 Å². The molecular weight excluding hydrogens is 485 g/mol. The molecule has 0 aliphatic carbocycles. The average molecular weight is 495 g/mol. The van der Waals surface area contributed by atoms with Crippen LogP contribution in [0.25, 0.3) is 0 Å². The number of rotatable bonds is 2. The molecule has 5 heteroatoms. The summed E-state index contributed by atoms with van der Waals surface area (Å²) in [5.41, 5.74) is 2.38. The van der Waals surface area contributed by atoms with Gasteiger partial charge in [-0.25, -0.2) is 0 Å². The lowest BCUT2D eigenvalue weighted by atomic mass is 10.1. The predicted molar refractivity (Wildman–Crippen MR) is 93.7 cm³/mol. The van der Waals surface area contributed by atoms with Crippen LogP contribution in [0.15, 0.2) is 45.3 Å². The van der Waals surface area contributed by atoms with Crippen molar-refractivity contribution in [3.63, 3.8) is 0 Å². The van der Waals surface area contributed by atoms with Crippen LogP contribution in [0.2, 0.25) is 0 Å². The van der Waals surface area contributed by atoms with E-state index < -0.39 is 0 Å². The first kappa shape index (κ1) is 15.0. The molecule has 0 aliphatic heterocycles. The van der Waals surface area contributed by atoms with Gasteiger partial charge < -0.3 is 5.32 Å². The van der Waals surface area contributed by atoms with Crippen molar-refractivity contribution in [3.05, 3.63) is 60.0 Å². The lowest BCUT2D eigenvalue weighted by Crippen LogP contribution is -2.13. The average Bonchev–Trinajstić information content (AvgIpc) is 2.35. The second-order valence-electron chi connectivity index (χ2n) is 4.04. The van der Waals surface area contributed by atoms with Gasteiger partial charge in [-0.05, 0) is 81.3 Å². The molecule has 0 radical (unpaired) electrons. The summed E-state index contributed by atoms with van der Waals surface area (Å²) in [7, 11) is 0. The van der Waals surface area contributed by atoms with Gasteiger partial charge in [0.15, 0.2) is 0 Å². The topological polar surface area (TPSA) is 29.1 Å². The van der Waals surface area contributed by atoms with Crippen LogP contribution in [0, 0.1) is 10.5 Å². The number of halogens is 3. The zero-order chi connectivity index (χ0) is 14.0. The number of hydrogen-bond donors (Lipinski definition) is 1. The molecule has 2 nitrogen and oxygen atoms in total. The third kappa shape index (κ3) is 3.79. The quantitative estimate of drug-likeness (QED) is 0.558. The van der Waals surface area contributed by atoms with Crippen LogP contribution >= 0.6 is 54.5 Å². The minimum Gasteiger partial charge on any atom is -0.321 e. The summed E-state index contributed by atoms with van der Waals surface area (Å²) < 4.78 is 2.88. The summed E-state index contributed by atoms with van der Waals surface area (Å²) in [6, 6.07) is 11.5. The molecule has 2 aromatic rings. The van der Waals surface area contributed by atoms with Gasteiger partial charge in [0, 0.05) is 18.1 Å². The lowest BCUT2D eigenvalue weighted by Gasteiger charge is -2.10. The first-order valence-corrected chi connectivity index (χ1v) is 8.16. The van der Waals surface area contributed by atoms with Crippen molar-refractivity contribution < 1.29 is 4.79 Å². The Morgan fingerprint density at radius 1 is 1.16 bits per heavy atom. The standard InChI is InChI=1S/C14H10Br2INO/c1-8-2-3-9(15)6-11(8)14(19)18-13-5-4-10(17)7-12(13)16/h2-7H,1H3,(H,18,19). The zero-order valence-corrected chi connectivity index (χ0v) is 15.3. The van der Waals surface area contributed by atoms with Crippen molar-refractivity contribution in [3.8, 4) is 0 Å². The molecule has 98 valence electrons. The Balaban J connectivity index is 2.28. The maximum atomic E-state index is 12.3. The van der Waals surface area contributed by atoms with Gasteiger partial charge >= 0.3 is 0 Å². The van der Waals surface area contributed by atoms with Crippen LogP contribution < -0.4 is 5.32 Å². The predicted octanol–water partition coefficient (Wildman–Crippen LogP) is 5.38. The second-order valence-corrected chi connectivity index (χ2v) is 7.05. The fourth-order valence-electron chi connectivity index (χ4n) is 1.62. The van der Waals surface area contributed by atoms with Gasteiger partial charge in [-0.15, -0.1) is 0 Å². The third-order valence-electron chi connectivity index (χ3n) is 2.62. The molecular formula is C14H10Br2INO. The van der Waals surface area contributed by atoms with Crippen LogP contribution in [0.5, 0.6) is 0 Å². The molecule has 1 amide bonds. The number of aryl methyl sites for hydroxylation is 1. The molecule has 19 heavy (non-hydrogen) atoms. The van der Waals surface area contributed by atoms with Gasteiger partial charge in [-0.2, -0.15) is 0 Å². The monoisotopic (exact) mass is 493 g/mol. The molecule has 0 aliphatic rings. The van der Waals surface area contributed by atoms with Gasteiger partial charge in [0.05, 0.1) is 5.69 Å². The minimum absolute atomic E-state index is 0.110. The molecule has 0 aromatic heterocycles. The van der Waals surface area contributed by atoms with Gasteiger partial charge in [-0.3, -0.25) is 4.79 Å². The molecule has 0 fully saturated rings. The van der Waals surface area contributed by atoms with E-state index in [-0.39, 0.29) is 5.91 Å². The van der Waals surface area contributed by atoms with E-state index in [1.165, 1.54) is 0 Å². The number of anilines is 1. The maximum Gasteiger partial charge on any atom is 0.255 e. The molecule has 0 heterocycles. The van der Waals surface area contributed by atoms with E-state index in [0.29, 0.717) is 5.56 Å². The van der Waals surface area contributed by atoms with Gasteiger partial charge in [0.25, 0.3) is 5.91 Å². The molecule has 0 saturated carbocycles. The highest BCUT2D eigenvalue weighted by Crippen LogP contribution is 2.25. The first-order chi connectivity index (χ1) is 8.97. The number of benzene rings is 2. The minimum atomic E-state index is -0.110. The maximum absolute atomic E-state index is 12.3. The number of hydrogen-bond acceptors (Lipinski definition) is 1. The summed E-state index contributed by atoms with van der Waals surface area (Å²) in [4.78, 5) is 12.3. The first-order valence-electron chi connectivity index (χ1n) is 5.50. The van der Waals surface area contributed by atoms with Crippen molar-refractivity contribution in [2.24, 2.45) is 0 Å². The summed E-state index contributed by atoms with van der Waals surface area (Å²) in [5.74, 6) is -0.110. The van der Waals surface area contributed by atoms with Gasteiger partial charge in [-0.1, -0.05) is 22.0 Å². The molecule has 0 spiro atoms. The Kier molecular flexibility index (Phi) is 5.03. The molecule has 2 aromatic carbocycles. The molecule has 0 saturated heterocycles. The van der Waals surface area contributed by atoms with Crippen molar-refractivity contribution in [1.29, 1.82) is 0 Å². The summed E-state index contributed by atoms with van der Waals surface area (Å²) in [6.45, 7) is 1.92. The fourth-order valence-corrected chi connectivity index (χ4v) is 3.38. The molecule has 0 unspecified atom stereocenters. The third-order valence-corrected chi connectivity index (χ3v) is 4.44. The van der Waals surface area contributed by atoms with E-state index >= 15 is 0 Å². The normalized spacial score (nSPS) is 10.3. The number of carbonyl (C=O) groups is 1. The van der Waals surface area contributed by atoms with Crippen LogP contribution in [0.3, 0.4) is 0 Å². The Labute approximate surface area is 142 Å². The van der Waals surface area contributed by atoms with E-state index in [9.17, 15) is 4.79 Å². The van der Waals surface area contributed by atoms with Crippen LogP contribution in [-0.2, 0) is 0 Å². The van der Waals surface area contributed by atoms with E-state index in [2.05, 4.69) is 59.8 Å². The van der Waals surface area contributed by atoms with Crippen molar-refractivity contribution in [2.75, 3.05) is 5.32 Å². The van der Waals surface area contributed by atoms with Crippen molar-refractivity contribution in [1.82, 2.24) is 0 Å². The number of amides is 1. The highest BCUT2D eigenvalue weighted by atomic mass is 127. The summed E-state index contributed by atoms with van der Waals surface area (Å²) in [5, 5.41) is 2.91. The number of carbonyl (C=O) groups excluding carboxylic acids is 1. The smallest absolute Gasteiger partial charge is 0.255 e. The molecule has 2 rings (SSSR count). The zero-order valence-electron chi connectivity index (χ0n) is 10.0. The van der Waals surface area contributed by atoms with Gasteiger partial charge in [0.2, 0.25) is 0 Å². The van der Waals surface area contributed by atoms with Crippen LogP contribution in [0.1, 0.15) is 15.9 Å². The Hall–Kier alpha value is -0.400. The van der Waals surface area contributed by atoms with E-state index in [0.717, 1.165) is 23.8 Å². The van der Waals surface area contributed by atoms with E-state index in [4.69, 9.17) is 0 Å². The summed E-state index contributed by atoms with van der Waals surface area (Å²) in [6.07, 6.45) is 0. The largest absolute Gasteiger partial charge is 0.321 e. The second kappa shape index (κ2) is 6.37. The SMILES string of the molecule is Cc1ccc(Br)cc1C(=O)Nc1ccc(I)cc1Br. The number of nitrogens with one attached hydrogen (secondary N) is 1. The molecule has 0 atom stereocenters. The highest BCUT2D eigenvalue weighted by molar-refractivity contribution is 14.1.